The maximum atomic E-state index is 5.92. The van der Waals surface area contributed by atoms with Gasteiger partial charge in [0.1, 0.15) is 0 Å². The number of nitrogens with two attached hydrogens (primary N) is 2. The van der Waals surface area contributed by atoms with Crippen LogP contribution in [0.25, 0.3) is 0 Å². The van der Waals surface area contributed by atoms with Crippen LogP contribution in [0.2, 0.25) is 0 Å². The zero-order valence-corrected chi connectivity index (χ0v) is 7.05. The molecule has 1 rings (SSSR count). The molecular formula is C8H19N3. The lowest BCUT2D eigenvalue weighted by molar-refractivity contribution is 0.341. The Morgan fingerprint density at radius 1 is 1.45 bits per heavy atom. The summed E-state index contributed by atoms with van der Waals surface area (Å²) in [5.74, 6) is 0. The van der Waals surface area contributed by atoms with Crippen LogP contribution in [0.4, 0.5) is 0 Å². The van der Waals surface area contributed by atoms with Crippen molar-refractivity contribution >= 4 is 0 Å². The molecule has 0 saturated carbocycles. The molecule has 1 aliphatic rings. The molecule has 0 spiro atoms. The summed E-state index contributed by atoms with van der Waals surface area (Å²) in [4.78, 5) is 0. The fourth-order valence-corrected chi connectivity index (χ4v) is 1.64. The van der Waals surface area contributed by atoms with E-state index in [0.29, 0.717) is 12.6 Å². The summed E-state index contributed by atoms with van der Waals surface area (Å²) in [5, 5.41) is 3.42. The molecule has 1 aliphatic heterocycles. The molecule has 2 unspecified atom stereocenters. The Bertz CT molecular complexity index is 99.5. The van der Waals surface area contributed by atoms with E-state index in [1.54, 1.807) is 0 Å². The molecule has 0 radical (unpaired) electrons. The third-order valence-corrected chi connectivity index (χ3v) is 2.37. The Balaban J connectivity index is 2.21. The molecule has 3 heteroatoms. The van der Waals surface area contributed by atoms with E-state index in [4.69, 9.17) is 11.5 Å². The predicted molar refractivity (Wildman–Crippen MR) is 47.3 cm³/mol. The molecule has 66 valence electrons. The number of rotatable bonds is 3. The first-order valence-electron chi connectivity index (χ1n) is 4.53. The summed E-state index contributed by atoms with van der Waals surface area (Å²) in [6.45, 7) is 1.84. The van der Waals surface area contributed by atoms with Gasteiger partial charge in [-0.2, -0.15) is 0 Å². The van der Waals surface area contributed by atoms with Crippen molar-refractivity contribution in [3.63, 3.8) is 0 Å². The highest BCUT2D eigenvalue weighted by Gasteiger charge is 2.18. The Morgan fingerprint density at radius 2 is 2.27 bits per heavy atom. The van der Waals surface area contributed by atoms with Gasteiger partial charge in [-0.3, -0.25) is 0 Å². The molecule has 2 atom stereocenters. The van der Waals surface area contributed by atoms with Gasteiger partial charge in [0.05, 0.1) is 0 Å². The van der Waals surface area contributed by atoms with Crippen molar-refractivity contribution in [1.29, 1.82) is 0 Å². The minimum absolute atomic E-state index is 0.264. The summed E-state index contributed by atoms with van der Waals surface area (Å²) in [7, 11) is 0. The third kappa shape index (κ3) is 2.77. The molecule has 1 fully saturated rings. The normalized spacial score (nSPS) is 28.4. The first-order chi connectivity index (χ1) is 5.34. The van der Waals surface area contributed by atoms with Crippen LogP contribution >= 0.6 is 0 Å². The van der Waals surface area contributed by atoms with Gasteiger partial charge in [0.2, 0.25) is 0 Å². The third-order valence-electron chi connectivity index (χ3n) is 2.37. The summed E-state index contributed by atoms with van der Waals surface area (Å²) >= 11 is 0. The minimum Gasteiger partial charge on any atom is -0.330 e. The van der Waals surface area contributed by atoms with Crippen LogP contribution in [0.15, 0.2) is 0 Å². The first-order valence-corrected chi connectivity index (χ1v) is 4.53. The summed E-state index contributed by atoms with van der Waals surface area (Å²) in [5.41, 5.74) is 11.3. The standard InChI is InChI=1S/C8H19N3/c9-5-4-7(10)8-3-1-2-6-11-8/h7-8,11H,1-6,9-10H2. The van der Waals surface area contributed by atoms with Crippen molar-refractivity contribution in [2.75, 3.05) is 13.1 Å². The lowest BCUT2D eigenvalue weighted by Crippen LogP contribution is -2.48. The van der Waals surface area contributed by atoms with Crippen LogP contribution in [0.3, 0.4) is 0 Å². The Morgan fingerprint density at radius 3 is 2.82 bits per heavy atom. The lowest BCUT2D eigenvalue weighted by Gasteiger charge is -2.28. The van der Waals surface area contributed by atoms with Crippen molar-refractivity contribution in [3.8, 4) is 0 Å². The number of nitrogens with one attached hydrogen (secondary N) is 1. The topological polar surface area (TPSA) is 64.1 Å². The van der Waals surface area contributed by atoms with Crippen molar-refractivity contribution in [2.45, 2.75) is 37.8 Å². The molecule has 0 aromatic rings. The Kier molecular flexibility index (Phi) is 3.83. The zero-order chi connectivity index (χ0) is 8.10. The lowest BCUT2D eigenvalue weighted by atomic mass is 9.96. The predicted octanol–water partition coefficient (Wildman–Crippen LogP) is -0.195. The monoisotopic (exact) mass is 157 g/mol. The van der Waals surface area contributed by atoms with Crippen molar-refractivity contribution < 1.29 is 0 Å². The van der Waals surface area contributed by atoms with Crippen molar-refractivity contribution in [3.05, 3.63) is 0 Å². The molecule has 5 N–H and O–H groups in total. The van der Waals surface area contributed by atoms with Gasteiger partial charge in [-0.15, -0.1) is 0 Å². The SMILES string of the molecule is NCCC(N)C1CCCCN1. The Labute approximate surface area is 68.5 Å². The van der Waals surface area contributed by atoms with Crippen molar-refractivity contribution in [1.82, 2.24) is 5.32 Å². The Hall–Kier alpha value is -0.120. The second-order valence-electron chi connectivity index (χ2n) is 3.30. The second-order valence-corrected chi connectivity index (χ2v) is 3.30. The van der Waals surface area contributed by atoms with Crippen LogP contribution in [-0.2, 0) is 0 Å². The van der Waals surface area contributed by atoms with E-state index in [2.05, 4.69) is 5.32 Å². The van der Waals surface area contributed by atoms with E-state index in [9.17, 15) is 0 Å². The van der Waals surface area contributed by atoms with Crippen LogP contribution in [-0.4, -0.2) is 25.2 Å². The fourth-order valence-electron chi connectivity index (χ4n) is 1.64. The highest BCUT2D eigenvalue weighted by molar-refractivity contribution is 4.82. The van der Waals surface area contributed by atoms with Crippen LogP contribution in [0, 0.1) is 0 Å². The van der Waals surface area contributed by atoms with E-state index in [1.165, 1.54) is 19.3 Å². The summed E-state index contributed by atoms with van der Waals surface area (Å²) in [6.07, 6.45) is 4.78. The van der Waals surface area contributed by atoms with Gasteiger partial charge in [-0.1, -0.05) is 6.42 Å². The average molecular weight is 157 g/mol. The van der Waals surface area contributed by atoms with Gasteiger partial charge in [-0.25, -0.2) is 0 Å². The fraction of sp³-hybridized carbons (Fsp3) is 1.00. The molecule has 0 aromatic heterocycles. The van der Waals surface area contributed by atoms with E-state index < -0.39 is 0 Å². The molecule has 0 aromatic carbocycles. The number of hydrogen-bond acceptors (Lipinski definition) is 3. The second kappa shape index (κ2) is 4.70. The molecule has 1 saturated heterocycles. The highest BCUT2D eigenvalue weighted by atomic mass is 15.0. The maximum absolute atomic E-state index is 5.92. The smallest absolute Gasteiger partial charge is 0.0219 e. The van der Waals surface area contributed by atoms with Gasteiger partial charge in [0.25, 0.3) is 0 Å². The van der Waals surface area contributed by atoms with Crippen LogP contribution in [0.5, 0.6) is 0 Å². The highest BCUT2D eigenvalue weighted by Crippen LogP contribution is 2.10. The van der Waals surface area contributed by atoms with E-state index in [-0.39, 0.29) is 6.04 Å². The molecule has 0 bridgehead atoms. The van der Waals surface area contributed by atoms with E-state index >= 15 is 0 Å². The van der Waals surface area contributed by atoms with Gasteiger partial charge in [-0.05, 0) is 32.4 Å². The quantitative estimate of drug-likeness (QED) is 0.532. The van der Waals surface area contributed by atoms with Gasteiger partial charge in [0, 0.05) is 12.1 Å². The molecule has 0 aliphatic carbocycles. The number of piperidine rings is 1. The molecule has 1 heterocycles. The largest absolute Gasteiger partial charge is 0.330 e. The number of hydrogen-bond donors (Lipinski definition) is 3. The van der Waals surface area contributed by atoms with E-state index in [1.807, 2.05) is 0 Å². The molecule has 0 amide bonds. The molecular weight excluding hydrogens is 138 g/mol. The molecule has 11 heavy (non-hydrogen) atoms. The van der Waals surface area contributed by atoms with Crippen molar-refractivity contribution in [2.24, 2.45) is 11.5 Å². The molecule has 3 nitrogen and oxygen atoms in total. The zero-order valence-electron chi connectivity index (χ0n) is 7.05. The van der Waals surface area contributed by atoms with Gasteiger partial charge < -0.3 is 16.8 Å². The van der Waals surface area contributed by atoms with Crippen LogP contribution < -0.4 is 16.8 Å². The van der Waals surface area contributed by atoms with Gasteiger partial charge in [0.15, 0.2) is 0 Å². The van der Waals surface area contributed by atoms with E-state index in [0.717, 1.165) is 13.0 Å². The maximum Gasteiger partial charge on any atom is 0.0219 e. The first kappa shape index (κ1) is 8.97. The summed E-state index contributed by atoms with van der Waals surface area (Å²) < 4.78 is 0. The average Bonchev–Trinajstić information content (AvgIpc) is 2.07. The van der Waals surface area contributed by atoms with Gasteiger partial charge >= 0.3 is 0 Å². The van der Waals surface area contributed by atoms with Crippen LogP contribution in [0.1, 0.15) is 25.7 Å². The summed E-state index contributed by atoms with van der Waals surface area (Å²) in [6, 6.07) is 0.785. The minimum atomic E-state index is 0.264.